The molecule has 0 aliphatic carbocycles. The van der Waals surface area contributed by atoms with E-state index in [0.717, 1.165) is 0 Å². The lowest BCUT2D eigenvalue weighted by molar-refractivity contribution is 0.0892. The zero-order chi connectivity index (χ0) is 13.7. The molecule has 0 heterocycles. The molecular formula is C11H14BrFN2O3. The molecule has 0 amide bonds. The van der Waals surface area contributed by atoms with Crippen LogP contribution in [0.3, 0.4) is 0 Å². The molecule has 0 saturated carbocycles. The Morgan fingerprint density at radius 2 is 2.28 bits per heavy atom. The Labute approximate surface area is 112 Å². The number of methoxy groups -OCH3 is 1. The molecule has 1 aromatic rings. The minimum absolute atomic E-state index is 0.0703. The predicted octanol–water partition coefficient (Wildman–Crippen LogP) is 2.10. The lowest BCUT2D eigenvalue weighted by atomic mass is 10.2. The second-order valence-electron chi connectivity index (χ2n) is 3.61. The number of benzene rings is 1. The van der Waals surface area contributed by atoms with E-state index in [2.05, 4.69) is 21.1 Å². The van der Waals surface area contributed by atoms with Crippen molar-refractivity contribution in [2.45, 2.75) is 13.0 Å². The van der Waals surface area contributed by atoms with Crippen molar-refractivity contribution >= 4 is 21.8 Å². The van der Waals surface area contributed by atoms with Crippen LogP contribution in [-0.2, 0) is 4.74 Å². The van der Waals surface area contributed by atoms with Gasteiger partial charge in [0.2, 0.25) is 0 Å². The molecule has 3 N–H and O–H groups in total. The second kappa shape index (κ2) is 6.55. The maximum atomic E-state index is 14.0. The lowest BCUT2D eigenvalue weighted by Gasteiger charge is -2.15. The molecule has 1 unspecified atom stereocenters. The molecular weight excluding hydrogens is 307 g/mol. The number of halogens is 2. The van der Waals surface area contributed by atoms with E-state index in [-0.39, 0.29) is 27.7 Å². The van der Waals surface area contributed by atoms with E-state index < -0.39 is 5.82 Å². The van der Waals surface area contributed by atoms with E-state index in [1.807, 2.05) is 0 Å². The zero-order valence-corrected chi connectivity index (χ0v) is 11.6. The van der Waals surface area contributed by atoms with Crippen molar-refractivity contribution in [3.05, 3.63) is 28.0 Å². The monoisotopic (exact) mass is 320 g/mol. The van der Waals surface area contributed by atoms with Crippen molar-refractivity contribution in [3.8, 4) is 5.75 Å². The Hall–Kier alpha value is -1.34. The topological polar surface area (TPSA) is 77.1 Å². The first-order valence-electron chi connectivity index (χ1n) is 5.12. The second-order valence-corrected chi connectivity index (χ2v) is 4.40. The van der Waals surface area contributed by atoms with Crippen molar-refractivity contribution in [1.82, 2.24) is 0 Å². The largest absolute Gasteiger partial charge is 0.485 e. The number of oxime groups is 1. The third kappa shape index (κ3) is 3.33. The van der Waals surface area contributed by atoms with Gasteiger partial charge in [-0.3, -0.25) is 0 Å². The summed E-state index contributed by atoms with van der Waals surface area (Å²) in [6.07, 6.45) is -0.286. The molecule has 0 aliphatic heterocycles. The molecule has 0 saturated heterocycles. The fraction of sp³-hybridized carbons (Fsp3) is 0.364. The highest BCUT2D eigenvalue weighted by molar-refractivity contribution is 9.10. The van der Waals surface area contributed by atoms with Gasteiger partial charge in [-0.05, 0) is 35.0 Å². The molecule has 0 aromatic heterocycles. The number of nitrogens with zero attached hydrogens (tertiary/aromatic N) is 1. The van der Waals surface area contributed by atoms with Gasteiger partial charge in [0, 0.05) is 12.7 Å². The third-order valence-corrected chi connectivity index (χ3v) is 2.94. The quantitative estimate of drug-likeness (QED) is 0.377. The smallest absolute Gasteiger partial charge is 0.179 e. The van der Waals surface area contributed by atoms with Crippen molar-refractivity contribution in [1.29, 1.82) is 0 Å². The summed E-state index contributed by atoms with van der Waals surface area (Å²) in [7, 11) is 1.54. The summed E-state index contributed by atoms with van der Waals surface area (Å²) in [6, 6.07) is 2.91. The number of ether oxygens (including phenoxy) is 2. The van der Waals surface area contributed by atoms with Gasteiger partial charge in [-0.15, -0.1) is 0 Å². The highest BCUT2D eigenvalue weighted by Crippen LogP contribution is 2.29. The van der Waals surface area contributed by atoms with Gasteiger partial charge in [-0.1, -0.05) is 5.16 Å². The molecule has 1 atom stereocenters. The van der Waals surface area contributed by atoms with Crippen LogP contribution in [0.1, 0.15) is 12.5 Å². The molecule has 7 heteroatoms. The van der Waals surface area contributed by atoms with Crippen LogP contribution in [0.25, 0.3) is 0 Å². The van der Waals surface area contributed by atoms with Crippen LogP contribution in [-0.4, -0.2) is 30.9 Å². The maximum Gasteiger partial charge on any atom is 0.179 e. The average molecular weight is 321 g/mol. The highest BCUT2D eigenvalue weighted by Gasteiger charge is 2.16. The Balaban J connectivity index is 3.01. The molecule has 0 fully saturated rings. The van der Waals surface area contributed by atoms with Gasteiger partial charge in [0.1, 0.15) is 6.10 Å². The first-order valence-corrected chi connectivity index (χ1v) is 5.92. The third-order valence-electron chi connectivity index (χ3n) is 2.16. The van der Waals surface area contributed by atoms with Crippen LogP contribution < -0.4 is 10.5 Å². The lowest BCUT2D eigenvalue weighted by Crippen LogP contribution is -2.19. The summed E-state index contributed by atoms with van der Waals surface area (Å²) < 4.78 is 24.3. The van der Waals surface area contributed by atoms with Gasteiger partial charge in [-0.25, -0.2) is 4.39 Å². The molecule has 1 rings (SSSR count). The molecule has 0 spiro atoms. The Morgan fingerprint density at radius 1 is 1.61 bits per heavy atom. The Morgan fingerprint density at radius 3 is 2.83 bits per heavy atom. The predicted molar refractivity (Wildman–Crippen MR) is 68.6 cm³/mol. The summed E-state index contributed by atoms with van der Waals surface area (Å²) in [5.41, 5.74) is 5.66. The fourth-order valence-corrected chi connectivity index (χ4v) is 1.89. The number of hydrogen-bond donors (Lipinski definition) is 2. The molecule has 5 nitrogen and oxygen atoms in total. The van der Waals surface area contributed by atoms with Crippen LogP contribution in [0.4, 0.5) is 4.39 Å². The van der Waals surface area contributed by atoms with Crippen molar-refractivity contribution in [2.75, 3.05) is 13.7 Å². The first-order chi connectivity index (χ1) is 8.51. The summed E-state index contributed by atoms with van der Waals surface area (Å²) >= 11 is 3.04. The van der Waals surface area contributed by atoms with Gasteiger partial charge in [0.05, 0.1) is 11.1 Å². The normalized spacial score (nSPS) is 13.4. The average Bonchev–Trinajstić information content (AvgIpc) is 2.34. The van der Waals surface area contributed by atoms with E-state index in [1.165, 1.54) is 19.2 Å². The van der Waals surface area contributed by atoms with Gasteiger partial charge in [-0.2, -0.15) is 0 Å². The van der Waals surface area contributed by atoms with E-state index in [9.17, 15) is 4.39 Å². The highest BCUT2D eigenvalue weighted by atomic mass is 79.9. The van der Waals surface area contributed by atoms with Gasteiger partial charge in [0.25, 0.3) is 0 Å². The minimum atomic E-state index is -0.609. The van der Waals surface area contributed by atoms with Gasteiger partial charge < -0.3 is 20.4 Å². The molecule has 0 radical (unpaired) electrons. The van der Waals surface area contributed by atoms with Crippen molar-refractivity contribution in [3.63, 3.8) is 0 Å². The van der Waals surface area contributed by atoms with E-state index in [1.54, 1.807) is 6.92 Å². The summed E-state index contributed by atoms with van der Waals surface area (Å²) in [5.74, 6) is -0.722. The van der Waals surface area contributed by atoms with E-state index in [4.69, 9.17) is 20.4 Å². The molecule has 0 aliphatic rings. The van der Waals surface area contributed by atoms with E-state index in [0.29, 0.717) is 6.61 Å². The van der Waals surface area contributed by atoms with Crippen LogP contribution >= 0.6 is 15.9 Å². The van der Waals surface area contributed by atoms with Gasteiger partial charge >= 0.3 is 0 Å². The SMILES string of the molecule is COCC(C)Oc1ccc(/C(N)=N/O)c(Br)c1F. The Bertz CT molecular complexity index is 454. The van der Waals surface area contributed by atoms with Crippen LogP contribution in [0.5, 0.6) is 5.75 Å². The van der Waals surface area contributed by atoms with Crippen LogP contribution in [0, 0.1) is 5.82 Å². The van der Waals surface area contributed by atoms with Crippen molar-refractivity contribution < 1.29 is 19.1 Å². The van der Waals surface area contributed by atoms with Crippen LogP contribution in [0.2, 0.25) is 0 Å². The number of rotatable bonds is 5. The fourth-order valence-electron chi connectivity index (χ4n) is 1.36. The summed E-state index contributed by atoms with van der Waals surface area (Å²) in [4.78, 5) is 0. The molecule has 1 aromatic carbocycles. The molecule has 100 valence electrons. The number of nitrogens with two attached hydrogens (primary N) is 1. The number of hydrogen-bond acceptors (Lipinski definition) is 4. The zero-order valence-electron chi connectivity index (χ0n) is 9.98. The standard InChI is InChI=1S/C11H14BrFN2O3/c1-6(5-17-2)18-8-4-3-7(11(14)15-16)9(12)10(8)13/h3-4,6,16H,5H2,1-2H3,(H2,14,15). The molecule has 18 heavy (non-hydrogen) atoms. The van der Waals surface area contributed by atoms with E-state index >= 15 is 0 Å². The first kappa shape index (κ1) is 14.7. The summed E-state index contributed by atoms with van der Waals surface area (Å²) in [6.45, 7) is 2.10. The maximum absolute atomic E-state index is 14.0. The Kier molecular flexibility index (Phi) is 5.36. The van der Waals surface area contributed by atoms with Crippen molar-refractivity contribution in [2.24, 2.45) is 10.9 Å². The molecule has 0 bridgehead atoms. The van der Waals surface area contributed by atoms with Crippen LogP contribution in [0.15, 0.2) is 21.8 Å². The summed E-state index contributed by atoms with van der Waals surface area (Å²) in [5, 5.41) is 11.4. The van der Waals surface area contributed by atoms with Gasteiger partial charge in [0.15, 0.2) is 17.4 Å². The minimum Gasteiger partial charge on any atom is -0.485 e. The number of amidine groups is 1.